The van der Waals surface area contributed by atoms with Crippen LogP contribution in [0.25, 0.3) is 0 Å². The van der Waals surface area contributed by atoms with Gasteiger partial charge < -0.3 is 5.73 Å². The van der Waals surface area contributed by atoms with Crippen LogP contribution >= 0.6 is 0 Å². The molecule has 0 saturated heterocycles. The van der Waals surface area contributed by atoms with E-state index in [4.69, 9.17) is 11.1 Å². The van der Waals surface area contributed by atoms with Crippen molar-refractivity contribution >= 4 is 5.84 Å². The van der Waals surface area contributed by atoms with Crippen LogP contribution in [-0.2, 0) is 12.0 Å². The van der Waals surface area contributed by atoms with Crippen molar-refractivity contribution in [3.8, 4) is 0 Å². The van der Waals surface area contributed by atoms with E-state index in [1.54, 1.807) is 0 Å². The third-order valence-electron chi connectivity index (χ3n) is 1.40. The number of tetrazole rings is 1. The van der Waals surface area contributed by atoms with Gasteiger partial charge in [-0.1, -0.05) is 0 Å². The Hall–Kier alpha value is -1.46. The molecule has 0 aliphatic heterocycles. The molecule has 0 spiro atoms. The summed E-state index contributed by atoms with van der Waals surface area (Å²) in [5.74, 6) is 0.538. The van der Waals surface area contributed by atoms with Gasteiger partial charge in [0.25, 0.3) is 0 Å². The second-order valence-electron chi connectivity index (χ2n) is 3.87. The standard InChI is InChI=1S/C7H14N6/c1-7(2,3)13-11-6(10-12-13)4-5(8)9/h4H2,1-3H3,(H3,8,9). The average molecular weight is 182 g/mol. The lowest BCUT2D eigenvalue weighted by molar-refractivity contribution is 0.305. The van der Waals surface area contributed by atoms with Gasteiger partial charge in [-0.25, -0.2) is 0 Å². The first-order valence-electron chi connectivity index (χ1n) is 4.02. The molecule has 1 rings (SSSR count). The highest BCUT2D eigenvalue weighted by Crippen LogP contribution is 2.08. The summed E-state index contributed by atoms with van der Waals surface area (Å²) in [6.45, 7) is 5.94. The Balaban J connectivity index is 2.81. The van der Waals surface area contributed by atoms with Gasteiger partial charge in [0.1, 0.15) is 0 Å². The molecule has 0 atom stereocenters. The normalized spacial score (nSPS) is 11.6. The minimum atomic E-state index is -0.179. The molecule has 0 amide bonds. The molecule has 0 bridgehead atoms. The predicted octanol–water partition coefficient (Wildman–Crippen LogP) is -0.0934. The number of hydrogen-bond donors (Lipinski definition) is 2. The highest BCUT2D eigenvalue weighted by Gasteiger charge is 2.16. The van der Waals surface area contributed by atoms with E-state index in [9.17, 15) is 0 Å². The number of nitrogens with one attached hydrogen (secondary N) is 1. The summed E-state index contributed by atoms with van der Waals surface area (Å²) in [4.78, 5) is 1.52. The van der Waals surface area contributed by atoms with E-state index in [0.717, 1.165) is 0 Å². The third-order valence-corrected chi connectivity index (χ3v) is 1.40. The van der Waals surface area contributed by atoms with E-state index in [2.05, 4.69) is 15.4 Å². The first-order valence-corrected chi connectivity index (χ1v) is 4.02. The Bertz CT molecular complexity index is 307. The first-order chi connectivity index (χ1) is 5.89. The molecule has 0 saturated carbocycles. The van der Waals surface area contributed by atoms with E-state index < -0.39 is 0 Å². The highest BCUT2D eigenvalue weighted by molar-refractivity contribution is 5.78. The molecule has 0 aromatic carbocycles. The zero-order chi connectivity index (χ0) is 10.1. The van der Waals surface area contributed by atoms with Gasteiger partial charge in [0.2, 0.25) is 0 Å². The lowest BCUT2D eigenvalue weighted by Gasteiger charge is -2.15. The van der Waals surface area contributed by atoms with Crippen LogP contribution in [0.4, 0.5) is 0 Å². The lowest BCUT2D eigenvalue weighted by Crippen LogP contribution is -2.25. The summed E-state index contributed by atoms with van der Waals surface area (Å²) in [6, 6.07) is 0. The Kier molecular flexibility index (Phi) is 2.31. The van der Waals surface area contributed by atoms with E-state index >= 15 is 0 Å². The minimum Gasteiger partial charge on any atom is -0.387 e. The third kappa shape index (κ3) is 2.50. The lowest BCUT2D eigenvalue weighted by atomic mass is 10.1. The molecule has 1 heterocycles. The zero-order valence-corrected chi connectivity index (χ0v) is 8.07. The number of rotatable bonds is 2. The maximum Gasteiger partial charge on any atom is 0.182 e. The molecule has 72 valence electrons. The van der Waals surface area contributed by atoms with Crippen LogP contribution < -0.4 is 5.73 Å². The molecular formula is C7H14N6. The van der Waals surface area contributed by atoms with Gasteiger partial charge in [0.05, 0.1) is 17.8 Å². The van der Waals surface area contributed by atoms with Gasteiger partial charge in [-0.2, -0.15) is 4.80 Å². The summed E-state index contributed by atoms with van der Waals surface area (Å²) >= 11 is 0. The van der Waals surface area contributed by atoms with Crippen molar-refractivity contribution in [1.29, 1.82) is 5.41 Å². The Labute approximate surface area is 76.6 Å². The summed E-state index contributed by atoms with van der Waals surface area (Å²) in [6.07, 6.45) is 0.260. The molecule has 3 N–H and O–H groups in total. The van der Waals surface area contributed by atoms with Crippen LogP contribution in [-0.4, -0.2) is 26.0 Å². The number of aromatic nitrogens is 4. The molecule has 0 aliphatic carbocycles. The van der Waals surface area contributed by atoms with Crippen molar-refractivity contribution in [2.45, 2.75) is 32.7 Å². The van der Waals surface area contributed by atoms with E-state index in [1.807, 2.05) is 20.8 Å². The van der Waals surface area contributed by atoms with Crippen LogP contribution in [0.5, 0.6) is 0 Å². The van der Waals surface area contributed by atoms with E-state index in [1.165, 1.54) is 4.80 Å². The Morgan fingerprint density at radius 1 is 1.54 bits per heavy atom. The first kappa shape index (κ1) is 9.63. The van der Waals surface area contributed by atoms with Gasteiger partial charge >= 0.3 is 0 Å². The minimum absolute atomic E-state index is 0.0495. The van der Waals surface area contributed by atoms with Crippen LogP contribution in [0.2, 0.25) is 0 Å². The summed E-state index contributed by atoms with van der Waals surface area (Å²) < 4.78 is 0. The second-order valence-corrected chi connectivity index (χ2v) is 3.87. The molecule has 0 aliphatic rings. The SMILES string of the molecule is CC(C)(C)n1nnc(CC(=N)N)n1. The quantitative estimate of drug-likeness (QED) is 0.493. The molecule has 1 aromatic heterocycles. The van der Waals surface area contributed by atoms with Crippen LogP contribution in [0, 0.1) is 5.41 Å². The van der Waals surface area contributed by atoms with Gasteiger partial charge in [-0.05, 0) is 26.0 Å². The molecular weight excluding hydrogens is 168 g/mol. The smallest absolute Gasteiger partial charge is 0.182 e. The number of nitrogens with zero attached hydrogens (tertiary/aromatic N) is 4. The average Bonchev–Trinajstić information content (AvgIpc) is 2.32. The van der Waals surface area contributed by atoms with Crippen LogP contribution in [0.15, 0.2) is 0 Å². The molecule has 6 heteroatoms. The van der Waals surface area contributed by atoms with Crippen LogP contribution in [0.3, 0.4) is 0 Å². The number of hydrogen-bond acceptors (Lipinski definition) is 4. The van der Waals surface area contributed by atoms with Crippen LogP contribution in [0.1, 0.15) is 26.6 Å². The number of amidine groups is 1. The fraction of sp³-hybridized carbons (Fsp3) is 0.714. The topological polar surface area (TPSA) is 93.5 Å². The zero-order valence-electron chi connectivity index (χ0n) is 8.07. The fourth-order valence-electron chi connectivity index (χ4n) is 0.769. The Morgan fingerprint density at radius 3 is 2.54 bits per heavy atom. The van der Waals surface area contributed by atoms with Crippen molar-refractivity contribution in [3.63, 3.8) is 0 Å². The highest BCUT2D eigenvalue weighted by atomic mass is 15.6. The largest absolute Gasteiger partial charge is 0.387 e. The van der Waals surface area contributed by atoms with Crippen molar-refractivity contribution in [1.82, 2.24) is 20.2 Å². The maximum absolute atomic E-state index is 7.06. The van der Waals surface area contributed by atoms with Gasteiger partial charge in [0.15, 0.2) is 5.82 Å². The molecule has 0 unspecified atom stereocenters. The molecule has 1 aromatic rings. The molecule has 0 radical (unpaired) electrons. The molecule has 13 heavy (non-hydrogen) atoms. The fourth-order valence-corrected chi connectivity index (χ4v) is 0.769. The second kappa shape index (κ2) is 3.12. The van der Waals surface area contributed by atoms with Crippen molar-refractivity contribution in [2.24, 2.45) is 5.73 Å². The summed E-state index contributed by atoms with van der Waals surface area (Å²) in [5, 5.41) is 18.8. The van der Waals surface area contributed by atoms with Crippen molar-refractivity contribution < 1.29 is 0 Å². The van der Waals surface area contributed by atoms with Gasteiger partial charge in [0, 0.05) is 0 Å². The monoisotopic (exact) mass is 182 g/mol. The summed E-state index contributed by atoms with van der Waals surface area (Å²) in [7, 11) is 0. The van der Waals surface area contributed by atoms with Crippen molar-refractivity contribution in [3.05, 3.63) is 5.82 Å². The molecule has 6 nitrogen and oxygen atoms in total. The Morgan fingerprint density at radius 2 is 2.15 bits per heavy atom. The van der Waals surface area contributed by atoms with Gasteiger partial charge in [-0.3, -0.25) is 5.41 Å². The van der Waals surface area contributed by atoms with Crippen molar-refractivity contribution in [2.75, 3.05) is 0 Å². The van der Waals surface area contributed by atoms with E-state index in [-0.39, 0.29) is 17.8 Å². The molecule has 0 fully saturated rings. The predicted molar refractivity (Wildman–Crippen MR) is 48.4 cm³/mol. The number of nitrogens with two attached hydrogens (primary N) is 1. The van der Waals surface area contributed by atoms with E-state index in [0.29, 0.717) is 5.82 Å². The summed E-state index contributed by atoms with van der Waals surface area (Å²) in [5.41, 5.74) is 5.03. The van der Waals surface area contributed by atoms with Gasteiger partial charge in [-0.15, -0.1) is 10.2 Å². The maximum atomic E-state index is 7.06.